The Morgan fingerprint density at radius 2 is 1.92 bits per heavy atom. The van der Waals surface area contributed by atoms with Gasteiger partial charge in [-0.25, -0.2) is 8.78 Å². The molecule has 2 aromatic rings. The Morgan fingerprint density at radius 3 is 2.56 bits per heavy atom. The highest BCUT2D eigenvalue weighted by molar-refractivity contribution is 5.93. The molecular formula is C17H16F2N2O4. The van der Waals surface area contributed by atoms with E-state index in [0.29, 0.717) is 25.9 Å². The van der Waals surface area contributed by atoms with E-state index in [2.05, 4.69) is 5.16 Å². The van der Waals surface area contributed by atoms with Gasteiger partial charge in [0.05, 0.1) is 13.0 Å². The van der Waals surface area contributed by atoms with Crippen LogP contribution in [0, 0.1) is 17.6 Å². The smallest absolute Gasteiger partial charge is 0.308 e. The Balaban J connectivity index is 1.69. The lowest BCUT2D eigenvalue weighted by molar-refractivity contribution is -0.146. The van der Waals surface area contributed by atoms with Gasteiger partial charge in [0.25, 0.3) is 5.91 Å². The summed E-state index contributed by atoms with van der Waals surface area (Å²) < 4.78 is 36.1. The third kappa shape index (κ3) is 3.52. The minimum atomic E-state index is -1.01. The Kier molecular flexibility index (Phi) is 4.78. The standard InChI is InChI=1S/C17H16F2N2O4/c1-24-17(23)10-4-6-21(7-5-10)16(22)14-9-15(25-20-14)11-2-3-12(18)13(19)8-11/h2-3,8-10H,4-7H2,1H3. The van der Waals surface area contributed by atoms with E-state index in [-0.39, 0.29) is 34.8 Å². The molecule has 8 heteroatoms. The zero-order valence-corrected chi connectivity index (χ0v) is 13.5. The second-order valence-electron chi connectivity index (χ2n) is 5.79. The van der Waals surface area contributed by atoms with Crippen LogP contribution in [-0.2, 0) is 9.53 Å². The van der Waals surface area contributed by atoms with Crippen LogP contribution in [0.25, 0.3) is 11.3 Å². The molecule has 1 saturated heterocycles. The number of carbonyl (C=O) groups is 2. The molecular weight excluding hydrogens is 334 g/mol. The largest absolute Gasteiger partial charge is 0.469 e. The van der Waals surface area contributed by atoms with Gasteiger partial charge < -0.3 is 14.2 Å². The van der Waals surface area contributed by atoms with Crippen molar-refractivity contribution in [1.29, 1.82) is 0 Å². The summed E-state index contributed by atoms with van der Waals surface area (Å²) in [6, 6.07) is 4.69. The van der Waals surface area contributed by atoms with Crippen molar-refractivity contribution in [1.82, 2.24) is 10.1 Å². The van der Waals surface area contributed by atoms with E-state index >= 15 is 0 Å². The van der Waals surface area contributed by atoms with Gasteiger partial charge >= 0.3 is 5.97 Å². The minimum absolute atomic E-state index is 0.0799. The quantitative estimate of drug-likeness (QED) is 0.796. The lowest BCUT2D eigenvalue weighted by atomic mass is 9.97. The summed E-state index contributed by atoms with van der Waals surface area (Å²) in [6.07, 6.45) is 1.04. The molecule has 3 rings (SSSR count). The van der Waals surface area contributed by atoms with Crippen LogP contribution in [0.3, 0.4) is 0 Å². The minimum Gasteiger partial charge on any atom is -0.469 e. The van der Waals surface area contributed by atoms with Crippen molar-refractivity contribution in [3.63, 3.8) is 0 Å². The fourth-order valence-corrected chi connectivity index (χ4v) is 2.81. The van der Waals surface area contributed by atoms with Crippen LogP contribution in [0.2, 0.25) is 0 Å². The van der Waals surface area contributed by atoms with Gasteiger partial charge in [-0.05, 0) is 31.0 Å². The number of amides is 1. The molecule has 0 atom stereocenters. The number of rotatable bonds is 3. The van der Waals surface area contributed by atoms with Crippen molar-refractivity contribution < 1.29 is 27.6 Å². The molecule has 25 heavy (non-hydrogen) atoms. The van der Waals surface area contributed by atoms with Crippen LogP contribution in [0.4, 0.5) is 8.78 Å². The van der Waals surface area contributed by atoms with Crippen molar-refractivity contribution in [3.8, 4) is 11.3 Å². The fourth-order valence-electron chi connectivity index (χ4n) is 2.81. The van der Waals surface area contributed by atoms with Crippen molar-refractivity contribution >= 4 is 11.9 Å². The van der Waals surface area contributed by atoms with E-state index in [1.54, 1.807) is 4.90 Å². The van der Waals surface area contributed by atoms with Gasteiger partial charge in [-0.3, -0.25) is 9.59 Å². The maximum Gasteiger partial charge on any atom is 0.308 e. The lowest BCUT2D eigenvalue weighted by Crippen LogP contribution is -2.40. The number of halogens is 2. The summed E-state index contributed by atoms with van der Waals surface area (Å²) in [5, 5.41) is 3.72. The zero-order valence-electron chi connectivity index (χ0n) is 13.5. The topological polar surface area (TPSA) is 72.6 Å². The van der Waals surface area contributed by atoms with Crippen molar-refractivity contribution in [2.45, 2.75) is 12.8 Å². The molecule has 1 aliphatic heterocycles. The molecule has 1 aliphatic rings. The van der Waals surface area contributed by atoms with Crippen LogP contribution in [0.15, 0.2) is 28.8 Å². The molecule has 132 valence electrons. The Hall–Kier alpha value is -2.77. The molecule has 0 radical (unpaired) electrons. The summed E-state index contributed by atoms with van der Waals surface area (Å²) in [7, 11) is 1.34. The predicted molar refractivity (Wildman–Crippen MR) is 82.5 cm³/mol. The number of hydrogen-bond donors (Lipinski definition) is 0. The highest BCUT2D eigenvalue weighted by Crippen LogP contribution is 2.24. The first kappa shape index (κ1) is 17.1. The van der Waals surface area contributed by atoms with Gasteiger partial charge in [-0.1, -0.05) is 5.16 Å². The van der Waals surface area contributed by atoms with Crippen molar-refractivity contribution in [2.75, 3.05) is 20.2 Å². The van der Waals surface area contributed by atoms with Crippen LogP contribution >= 0.6 is 0 Å². The number of hydrogen-bond acceptors (Lipinski definition) is 5. The third-order valence-corrected chi connectivity index (χ3v) is 4.25. The van der Waals surface area contributed by atoms with Crippen LogP contribution in [-0.4, -0.2) is 42.1 Å². The normalized spacial score (nSPS) is 15.2. The number of methoxy groups -OCH3 is 1. The molecule has 0 saturated carbocycles. The SMILES string of the molecule is COC(=O)C1CCN(C(=O)c2cc(-c3ccc(F)c(F)c3)on2)CC1. The van der Waals surface area contributed by atoms with Gasteiger partial charge in [-0.2, -0.15) is 0 Å². The number of benzene rings is 1. The average Bonchev–Trinajstić information content (AvgIpc) is 3.13. The van der Waals surface area contributed by atoms with Gasteiger partial charge in [0.2, 0.25) is 0 Å². The molecule has 0 spiro atoms. The van der Waals surface area contributed by atoms with Gasteiger partial charge in [0.15, 0.2) is 23.1 Å². The zero-order chi connectivity index (χ0) is 18.0. The number of aromatic nitrogens is 1. The Bertz CT molecular complexity index is 798. The first-order chi connectivity index (χ1) is 12.0. The third-order valence-electron chi connectivity index (χ3n) is 4.25. The maximum absolute atomic E-state index is 13.3. The van der Waals surface area contributed by atoms with Gasteiger partial charge in [0, 0.05) is 24.7 Å². The summed E-state index contributed by atoms with van der Waals surface area (Å²) >= 11 is 0. The van der Waals surface area contributed by atoms with E-state index in [9.17, 15) is 18.4 Å². The fraction of sp³-hybridized carbons (Fsp3) is 0.353. The monoisotopic (exact) mass is 350 g/mol. The van der Waals surface area contributed by atoms with Crippen LogP contribution < -0.4 is 0 Å². The Labute approximate surface area is 142 Å². The molecule has 0 N–H and O–H groups in total. The number of nitrogens with zero attached hydrogens (tertiary/aromatic N) is 2. The summed E-state index contributed by atoms with van der Waals surface area (Å²) in [6.45, 7) is 0.817. The Morgan fingerprint density at radius 1 is 1.20 bits per heavy atom. The predicted octanol–water partition coefficient (Wildman–Crippen LogP) is 2.65. The van der Waals surface area contributed by atoms with Gasteiger partial charge in [0.1, 0.15) is 0 Å². The van der Waals surface area contributed by atoms with Crippen molar-refractivity contribution in [2.24, 2.45) is 5.92 Å². The van der Waals surface area contributed by atoms with Gasteiger partial charge in [-0.15, -0.1) is 0 Å². The van der Waals surface area contributed by atoms with E-state index in [0.717, 1.165) is 12.1 Å². The second kappa shape index (κ2) is 7.00. The number of carbonyl (C=O) groups excluding carboxylic acids is 2. The molecule has 2 heterocycles. The van der Waals surface area contributed by atoms with Crippen LogP contribution in [0.5, 0.6) is 0 Å². The second-order valence-corrected chi connectivity index (χ2v) is 5.79. The maximum atomic E-state index is 13.3. The summed E-state index contributed by atoms with van der Waals surface area (Å²) in [4.78, 5) is 25.6. The lowest BCUT2D eigenvalue weighted by Gasteiger charge is -2.29. The molecule has 0 aliphatic carbocycles. The number of ether oxygens (including phenoxy) is 1. The van der Waals surface area contributed by atoms with Crippen LogP contribution in [0.1, 0.15) is 23.3 Å². The van der Waals surface area contributed by atoms with Crippen molar-refractivity contribution in [3.05, 3.63) is 41.6 Å². The summed E-state index contributed by atoms with van der Waals surface area (Å²) in [5.41, 5.74) is 0.367. The molecule has 0 unspecified atom stereocenters. The highest BCUT2D eigenvalue weighted by atomic mass is 19.2. The molecule has 1 aromatic carbocycles. The van der Waals surface area contributed by atoms with E-state index < -0.39 is 11.6 Å². The number of piperidine rings is 1. The molecule has 1 fully saturated rings. The van der Waals surface area contributed by atoms with E-state index in [4.69, 9.17) is 9.26 Å². The molecule has 0 bridgehead atoms. The first-order valence-corrected chi connectivity index (χ1v) is 7.79. The molecule has 6 nitrogen and oxygen atoms in total. The summed E-state index contributed by atoms with van der Waals surface area (Å²) in [5.74, 6) is -2.61. The molecule has 1 aromatic heterocycles. The molecule has 1 amide bonds. The first-order valence-electron chi connectivity index (χ1n) is 7.79. The highest BCUT2D eigenvalue weighted by Gasteiger charge is 2.29. The number of likely N-dealkylation sites (tertiary alicyclic amines) is 1. The van der Waals surface area contributed by atoms with E-state index in [1.807, 2.05) is 0 Å². The average molecular weight is 350 g/mol. The number of esters is 1. The van der Waals surface area contributed by atoms with E-state index in [1.165, 1.54) is 19.2 Å².